The van der Waals surface area contributed by atoms with Crippen LogP contribution in [0.4, 0.5) is 24.8 Å². The molecule has 2 N–H and O–H groups in total. The molecule has 0 aliphatic carbocycles. The molecule has 0 spiro atoms. The van der Waals surface area contributed by atoms with Crippen LogP contribution in [-0.4, -0.2) is 28.0 Å². The van der Waals surface area contributed by atoms with Crippen molar-refractivity contribution in [2.75, 3.05) is 18.4 Å². The van der Waals surface area contributed by atoms with Crippen molar-refractivity contribution in [1.82, 2.24) is 20.3 Å². The number of nitrogens with zero attached hydrogens (tertiary/aromatic N) is 3. The Morgan fingerprint density at radius 1 is 1.07 bits per heavy atom. The monoisotopic (exact) mass is 403 g/mol. The summed E-state index contributed by atoms with van der Waals surface area (Å²) in [5, 5.41) is 9.97. The number of nitrogens with one attached hydrogen (secondary N) is 2. The standard InChI is InChI=1S/C19H16F3N5S/c20-19(21,22)14-2-1-3-15(10-14)24-18-26-16(12-4-7-23-8-5-12)25-17(27-18)13-6-9-28-11-13/h1-4,6,9-11,23H,5,7-8H2,(H,24,25,26,27). The van der Waals surface area contributed by atoms with E-state index in [-0.39, 0.29) is 11.6 Å². The Morgan fingerprint density at radius 3 is 2.64 bits per heavy atom. The van der Waals surface area contributed by atoms with Gasteiger partial charge >= 0.3 is 6.18 Å². The zero-order valence-electron chi connectivity index (χ0n) is 14.6. The number of aromatic nitrogens is 3. The van der Waals surface area contributed by atoms with Crippen molar-refractivity contribution in [2.24, 2.45) is 0 Å². The number of alkyl halides is 3. The first kappa shape index (κ1) is 18.6. The quantitative estimate of drug-likeness (QED) is 0.659. The second-order valence-corrected chi connectivity index (χ2v) is 6.99. The number of thiophene rings is 1. The molecule has 0 saturated carbocycles. The number of hydrogen-bond acceptors (Lipinski definition) is 6. The predicted octanol–water partition coefficient (Wildman–Crippen LogP) is 4.74. The van der Waals surface area contributed by atoms with Crippen LogP contribution in [0, 0.1) is 0 Å². The fourth-order valence-electron chi connectivity index (χ4n) is 2.82. The molecular weight excluding hydrogens is 387 g/mol. The average molecular weight is 403 g/mol. The first-order valence-corrected chi connectivity index (χ1v) is 9.56. The highest BCUT2D eigenvalue weighted by Gasteiger charge is 2.30. The van der Waals surface area contributed by atoms with Gasteiger partial charge in [0.05, 0.1) is 5.56 Å². The van der Waals surface area contributed by atoms with Gasteiger partial charge in [-0.3, -0.25) is 0 Å². The fraction of sp³-hybridized carbons (Fsp3) is 0.211. The number of anilines is 2. The lowest BCUT2D eigenvalue weighted by molar-refractivity contribution is -0.137. The van der Waals surface area contributed by atoms with Gasteiger partial charge in [-0.1, -0.05) is 12.1 Å². The third-order valence-corrected chi connectivity index (χ3v) is 4.90. The first-order valence-electron chi connectivity index (χ1n) is 8.62. The van der Waals surface area contributed by atoms with Crippen molar-refractivity contribution in [2.45, 2.75) is 12.6 Å². The SMILES string of the molecule is FC(F)(F)c1cccc(Nc2nc(C3=CCNCC3)nc(-c3ccsc3)n2)c1. The van der Waals surface area contributed by atoms with E-state index in [0.29, 0.717) is 11.6 Å². The van der Waals surface area contributed by atoms with Crippen molar-refractivity contribution >= 4 is 28.5 Å². The molecule has 0 atom stereocenters. The lowest BCUT2D eigenvalue weighted by Crippen LogP contribution is -2.21. The smallest absolute Gasteiger partial charge is 0.324 e. The number of halogens is 3. The van der Waals surface area contributed by atoms with E-state index in [1.807, 2.05) is 22.9 Å². The molecule has 3 aromatic rings. The minimum Gasteiger partial charge on any atom is -0.324 e. The Bertz CT molecular complexity index is 999. The summed E-state index contributed by atoms with van der Waals surface area (Å²) in [4.78, 5) is 13.4. The summed E-state index contributed by atoms with van der Waals surface area (Å²) in [6.07, 6.45) is -1.62. The van der Waals surface area contributed by atoms with E-state index in [2.05, 4.69) is 25.6 Å². The summed E-state index contributed by atoms with van der Waals surface area (Å²) in [6, 6.07) is 6.86. The Balaban J connectivity index is 1.72. The van der Waals surface area contributed by atoms with E-state index in [1.165, 1.54) is 17.4 Å². The van der Waals surface area contributed by atoms with Gasteiger partial charge in [-0.25, -0.2) is 4.98 Å². The average Bonchev–Trinajstić information content (AvgIpc) is 3.23. The second kappa shape index (κ2) is 7.69. The van der Waals surface area contributed by atoms with Crippen LogP contribution in [0.3, 0.4) is 0 Å². The molecule has 4 rings (SSSR count). The van der Waals surface area contributed by atoms with Gasteiger partial charge < -0.3 is 10.6 Å². The maximum Gasteiger partial charge on any atom is 0.416 e. The zero-order chi connectivity index (χ0) is 19.6. The minimum absolute atomic E-state index is 0.213. The maximum absolute atomic E-state index is 13.0. The highest BCUT2D eigenvalue weighted by atomic mass is 32.1. The Morgan fingerprint density at radius 2 is 1.93 bits per heavy atom. The molecule has 1 aliphatic heterocycles. The van der Waals surface area contributed by atoms with Gasteiger partial charge in [-0.05, 0) is 48.2 Å². The molecule has 0 fully saturated rings. The molecule has 9 heteroatoms. The van der Waals surface area contributed by atoms with Crippen molar-refractivity contribution in [3.63, 3.8) is 0 Å². The zero-order valence-corrected chi connectivity index (χ0v) is 15.4. The van der Waals surface area contributed by atoms with Crippen LogP contribution in [0.2, 0.25) is 0 Å². The Hall–Kier alpha value is -2.78. The van der Waals surface area contributed by atoms with Gasteiger partial charge in [0.1, 0.15) is 0 Å². The van der Waals surface area contributed by atoms with Crippen LogP contribution in [0.1, 0.15) is 17.8 Å². The Labute approximate surface area is 163 Å². The van der Waals surface area contributed by atoms with Gasteiger partial charge in [0.15, 0.2) is 11.6 Å². The van der Waals surface area contributed by atoms with Gasteiger partial charge in [-0.15, -0.1) is 0 Å². The van der Waals surface area contributed by atoms with E-state index in [1.54, 1.807) is 6.07 Å². The molecule has 2 aromatic heterocycles. The minimum atomic E-state index is -4.41. The summed E-state index contributed by atoms with van der Waals surface area (Å²) in [7, 11) is 0. The van der Waals surface area contributed by atoms with Crippen LogP contribution in [-0.2, 0) is 6.18 Å². The van der Waals surface area contributed by atoms with Crippen LogP contribution in [0.25, 0.3) is 17.0 Å². The molecule has 0 bridgehead atoms. The van der Waals surface area contributed by atoms with Crippen LogP contribution >= 0.6 is 11.3 Å². The number of rotatable bonds is 4. The van der Waals surface area contributed by atoms with E-state index in [9.17, 15) is 13.2 Å². The van der Waals surface area contributed by atoms with Crippen molar-refractivity contribution < 1.29 is 13.2 Å². The van der Waals surface area contributed by atoms with Gasteiger partial charge in [0, 0.05) is 23.2 Å². The molecule has 0 radical (unpaired) electrons. The van der Waals surface area contributed by atoms with Gasteiger partial charge in [-0.2, -0.15) is 34.5 Å². The second-order valence-electron chi connectivity index (χ2n) is 6.21. The molecule has 0 saturated heterocycles. The molecule has 28 heavy (non-hydrogen) atoms. The van der Waals surface area contributed by atoms with Crippen LogP contribution in [0.5, 0.6) is 0 Å². The summed E-state index contributed by atoms with van der Waals surface area (Å²) >= 11 is 1.52. The molecular formula is C19H16F3N5S. The van der Waals surface area contributed by atoms with Crippen LogP contribution < -0.4 is 10.6 Å². The summed E-state index contributed by atoms with van der Waals surface area (Å²) in [5.74, 6) is 1.23. The molecule has 1 aromatic carbocycles. The third-order valence-electron chi connectivity index (χ3n) is 4.21. The number of benzene rings is 1. The van der Waals surface area contributed by atoms with E-state index >= 15 is 0 Å². The van der Waals surface area contributed by atoms with E-state index in [4.69, 9.17) is 0 Å². The highest BCUT2D eigenvalue weighted by Crippen LogP contribution is 2.31. The molecule has 3 heterocycles. The topological polar surface area (TPSA) is 62.7 Å². The van der Waals surface area contributed by atoms with Crippen molar-refractivity contribution in [3.8, 4) is 11.4 Å². The summed E-state index contributed by atoms with van der Waals surface area (Å²) in [5.41, 5.74) is 1.37. The van der Waals surface area contributed by atoms with Crippen molar-refractivity contribution in [3.05, 3.63) is 58.6 Å². The predicted molar refractivity (Wildman–Crippen MR) is 103 cm³/mol. The summed E-state index contributed by atoms with van der Waals surface area (Å²) in [6.45, 7) is 1.55. The molecule has 5 nitrogen and oxygen atoms in total. The van der Waals surface area contributed by atoms with Gasteiger partial charge in [0.25, 0.3) is 0 Å². The number of hydrogen-bond donors (Lipinski definition) is 2. The lowest BCUT2D eigenvalue weighted by atomic mass is 10.1. The van der Waals surface area contributed by atoms with Crippen molar-refractivity contribution in [1.29, 1.82) is 0 Å². The Kier molecular flexibility index (Phi) is 5.10. The summed E-state index contributed by atoms with van der Waals surface area (Å²) < 4.78 is 38.9. The van der Waals surface area contributed by atoms with E-state index in [0.717, 1.165) is 42.8 Å². The normalized spacial score (nSPS) is 14.6. The van der Waals surface area contributed by atoms with Gasteiger partial charge in [0.2, 0.25) is 5.95 Å². The molecule has 144 valence electrons. The highest BCUT2D eigenvalue weighted by molar-refractivity contribution is 7.08. The first-order chi connectivity index (χ1) is 13.5. The lowest BCUT2D eigenvalue weighted by Gasteiger charge is -2.15. The van der Waals surface area contributed by atoms with E-state index < -0.39 is 11.7 Å². The fourth-order valence-corrected chi connectivity index (χ4v) is 3.46. The maximum atomic E-state index is 13.0. The molecule has 0 unspecified atom stereocenters. The third kappa shape index (κ3) is 4.20. The largest absolute Gasteiger partial charge is 0.416 e. The van der Waals surface area contributed by atoms with Crippen LogP contribution in [0.15, 0.2) is 47.2 Å². The molecule has 0 amide bonds. The molecule has 1 aliphatic rings.